The van der Waals surface area contributed by atoms with Gasteiger partial charge in [0.15, 0.2) is 0 Å². The number of para-hydroxylation sites is 1. The number of aromatic nitrogens is 5. The lowest BCUT2D eigenvalue weighted by Gasteiger charge is -2.04. The Hall–Kier alpha value is -3.22. The van der Waals surface area contributed by atoms with E-state index < -0.39 is 0 Å². The summed E-state index contributed by atoms with van der Waals surface area (Å²) in [7, 11) is 1.84. The second kappa shape index (κ2) is 5.45. The summed E-state index contributed by atoms with van der Waals surface area (Å²) in [6.45, 7) is 0.272. The molecule has 0 radical (unpaired) electrons. The van der Waals surface area contributed by atoms with E-state index in [1.54, 1.807) is 39.7 Å². The Morgan fingerprint density at radius 1 is 1.12 bits per heavy atom. The Morgan fingerprint density at radius 2 is 1.92 bits per heavy atom. The molecule has 0 fully saturated rings. The van der Waals surface area contributed by atoms with E-state index in [9.17, 15) is 9.18 Å². The maximum atomic E-state index is 13.8. The standard InChI is InChI=1S/C17H14FN5O/c1-21-8-6-12-7-9-22(17(24)16(12)21)10-13-11-23(20-19-13)15-5-3-2-4-14(15)18/h2-9,11H,10H2,1H3. The van der Waals surface area contributed by atoms with Gasteiger partial charge in [0.1, 0.15) is 22.7 Å². The van der Waals surface area contributed by atoms with Crippen LogP contribution in [0.5, 0.6) is 0 Å². The van der Waals surface area contributed by atoms with Crippen LogP contribution in [-0.2, 0) is 13.6 Å². The Balaban J connectivity index is 1.70. The lowest BCUT2D eigenvalue weighted by molar-refractivity contribution is 0.607. The van der Waals surface area contributed by atoms with E-state index in [1.165, 1.54) is 10.7 Å². The average Bonchev–Trinajstić information content (AvgIpc) is 3.18. The number of aryl methyl sites for hydroxylation is 1. The van der Waals surface area contributed by atoms with Gasteiger partial charge in [-0.15, -0.1) is 5.10 Å². The molecular weight excluding hydrogens is 309 g/mol. The molecule has 0 amide bonds. The fourth-order valence-electron chi connectivity index (χ4n) is 2.76. The zero-order valence-electron chi connectivity index (χ0n) is 12.9. The minimum absolute atomic E-state index is 0.0968. The molecule has 0 unspecified atom stereocenters. The first-order chi connectivity index (χ1) is 11.6. The van der Waals surface area contributed by atoms with Gasteiger partial charge in [0.2, 0.25) is 0 Å². The number of halogens is 1. The first kappa shape index (κ1) is 14.4. The number of benzene rings is 1. The molecule has 120 valence electrons. The third kappa shape index (κ3) is 2.30. The van der Waals surface area contributed by atoms with Crippen molar-refractivity contribution in [2.75, 3.05) is 0 Å². The van der Waals surface area contributed by atoms with Gasteiger partial charge >= 0.3 is 0 Å². The summed E-state index contributed by atoms with van der Waals surface area (Å²) in [5.74, 6) is -0.378. The highest BCUT2D eigenvalue weighted by atomic mass is 19.1. The van der Waals surface area contributed by atoms with Gasteiger partial charge in [-0.2, -0.15) is 0 Å². The van der Waals surface area contributed by atoms with Crippen LogP contribution in [0.25, 0.3) is 16.6 Å². The van der Waals surface area contributed by atoms with Crippen LogP contribution in [0, 0.1) is 5.82 Å². The second-order valence-electron chi connectivity index (χ2n) is 5.59. The molecule has 0 saturated heterocycles. The van der Waals surface area contributed by atoms with Crippen LogP contribution in [0.2, 0.25) is 0 Å². The largest absolute Gasteiger partial charge is 0.346 e. The molecule has 7 heteroatoms. The summed E-state index contributed by atoms with van der Waals surface area (Å²) >= 11 is 0. The van der Waals surface area contributed by atoms with Crippen molar-refractivity contribution >= 4 is 10.9 Å². The molecule has 1 aromatic carbocycles. The van der Waals surface area contributed by atoms with Crippen molar-refractivity contribution in [3.8, 4) is 5.69 Å². The van der Waals surface area contributed by atoms with Gasteiger partial charge < -0.3 is 9.13 Å². The van der Waals surface area contributed by atoms with E-state index in [2.05, 4.69) is 10.3 Å². The third-order valence-electron chi connectivity index (χ3n) is 3.97. The molecule has 4 rings (SSSR count). The number of pyridine rings is 1. The first-order valence-corrected chi connectivity index (χ1v) is 7.44. The lowest BCUT2D eigenvalue weighted by Crippen LogP contribution is -2.21. The van der Waals surface area contributed by atoms with Gasteiger partial charge in [0, 0.05) is 24.8 Å². The smallest absolute Gasteiger partial charge is 0.275 e. The number of nitrogens with zero attached hydrogens (tertiary/aromatic N) is 5. The third-order valence-corrected chi connectivity index (χ3v) is 3.97. The minimum atomic E-state index is -0.378. The molecule has 0 saturated carbocycles. The molecule has 0 aliphatic heterocycles. The van der Waals surface area contributed by atoms with Gasteiger partial charge in [-0.1, -0.05) is 17.3 Å². The summed E-state index contributed by atoms with van der Waals surface area (Å²) in [5, 5.41) is 8.89. The molecule has 0 spiro atoms. The van der Waals surface area contributed by atoms with Crippen LogP contribution in [0.4, 0.5) is 4.39 Å². The maximum Gasteiger partial charge on any atom is 0.275 e. The van der Waals surface area contributed by atoms with E-state index in [0.29, 0.717) is 16.9 Å². The summed E-state index contributed by atoms with van der Waals surface area (Å²) in [6.07, 6.45) is 5.21. The molecule has 0 aliphatic carbocycles. The van der Waals surface area contributed by atoms with Gasteiger partial charge in [-0.05, 0) is 24.3 Å². The van der Waals surface area contributed by atoms with E-state index in [1.807, 2.05) is 25.4 Å². The van der Waals surface area contributed by atoms with Gasteiger partial charge in [-0.3, -0.25) is 4.79 Å². The quantitative estimate of drug-likeness (QED) is 0.580. The SMILES string of the molecule is Cn1ccc2ccn(Cc3cn(-c4ccccc4F)nn3)c(=O)c21. The van der Waals surface area contributed by atoms with Crippen molar-refractivity contribution < 1.29 is 4.39 Å². The highest BCUT2D eigenvalue weighted by molar-refractivity contribution is 5.78. The molecule has 0 bridgehead atoms. The topological polar surface area (TPSA) is 57.6 Å². The van der Waals surface area contributed by atoms with Gasteiger partial charge in [-0.25, -0.2) is 9.07 Å². The molecule has 0 N–H and O–H groups in total. The molecule has 3 aromatic heterocycles. The van der Waals surface area contributed by atoms with Crippen LogP contribution < -0.4 is 5.56 Å². The van der Waals surface area contributed by atoms with E-state index in [4.69, 9.17) is 0 Å². The Bertz CT molecular complexity index is 1090. The summed E-state index contributed by atoms with van der Waals surface area (Å²) in [5.41, 5.74) is 1.44. The van der Waals surface area contributed by atoms with Crippen LogP contribution in [0.15, 0.2) is 59.8 Å². The monoisotopic (exact) mass is 323 g/mol. The van der Waals surface area contributed by atoms with Crippen molar-refractivity contribution in [2.45, 2.75) is 6.54 Å². The summed E-state index contributed by atoms with van der Waals surface area (Å²) < 4.78 is 18.5. The molecule has 4 aromatic rings. The predicted molar refractivity (Wildman–Crippen MR) is 87.6 cm³/mol. The van der Waals surface area contributed by atoms with Crippen molar-refractivity contribution in [1.29, 1.82) is 0 Å². The molecule has 6 nitrogen and oxygen atoms in total. The summed E-state index contributed by atoms with van der Waals surface area (Å²) in [4.78, 5) is 12.6. The molecule has 3 heterocycles. The number of hydrogen-bond donors (Lipinski definition) is 0. The van der Waals surface area contributed by atoms with E-state index in [0.717, 1.165) is 5.39 Å². The second-order valence-corrected chi connectivity index (χ2v) is 5.59. The van der Waals surface area contributed by atoms with Crippen molar-refractivity contribution in [2.24, 2.45) is 7.05 Å². The van der Waals surface area contributed by atoms with Crippen LogP contribution in [-0.4, -0.2) is 24.1 Å². The van der Waals surface area contributed by atoms with E-state index in [-0.39, 0.29) is 17.9 Å². The highest BCUT2D eigenvalue weighted by Crippen LogP contribution is 2.13. The van der Waals surface area contributed by atoms with Crippen LogP contribution >= 0.6 is 0 Å². The fraction of sp³-hybridized carbons (Fsp3) is 0.118. The molecule has 24 heavy (non-hydrogen) atoms. The van der Waals surface area contributed by atoms with Crippen LogP contribution in [0.1, 0.15) is 5.69 Å². The Labute approximate surface area is 136 Å². The normalized spacial score (nSPS) is 11.2. The summed E-state index contributed by atoms with van der Waals surface area (Å²) in [6, 6.07) is 10.1. The van der Waals surface area contributed by atoms with Crippen LogP contribution in [0.3, 0.4) is 0 Å². The molecule has 0 aliphatic rings. The average molecular weight is 323 g/mol. The predicted octanol–water partition coefficient (Wildman–Crippen LogP) is 2.11. The zero-order valence-corrected chi connectivity index (χ0v) is 12.9. The lowest BCUT2D eigenvalue weighted by atomic mass is 10.3. The highest BCUT2D eigenvalue weighted by Gasteiger charge is 2.10. The minimum Gasteiger partial charge on any atom is -0.346 e. The maximum absolute atomic E-state index is 13.8. The molecule has 0 atom stereocenters. The van der Waals surface area contributed by atoms with Crippen molar-refractivity contribution in [1.82, 2.24) is 24.1 Å². The Morgan fingerprint density at radius 3 is 2.75 bits per heavy atom. The number of fused-ring (bicyclic) bond motifs is 1. The van der Waals surface area contributed by atoms with Gasteiger partial charge in [0.25, 0.3) is 5.56 Å². The van der Waals surface area contributed by atoms with Crippen molar-refractivity contribution in [3.05, 3.63) is 76.9 Å². The number of hydrogen-bond acceptors (Lipinski definition) is 3. The Kier molecular flexibility index (Phi) is 3.26. The molecular formula is C17H14FN5O. The van der Waals surface area contributed by atoms with E-state index >= 15 is 0 Å². The van der Waals surface area contributed by atoms with Gasteiger partial charge in [0.05, 0.1) is 12.7 Å². The fourth-order valence-corrected chi connectivity index (χ4v) is 2.76. The zero-order chi connectivity index (χ0) is 16.7. The van der Waals surface area contributed by atoms with Crippen molar-refractivity contribution in [3.63, 3.8) is 0 Å². The number of rotatable bonds is 3. The first-order valence-electron chi connectivity index (χ1n) is 7.44.